The van der Waals surface area contributed by atoms with Gasteiger partial charge in [0, 0.05) is 19.5 Å². The molecule has 0 aliphatic rings. The van der Waals surface area contributed by atoms with Crippen molar-refractivity contribution in [2.45, 2.75) is 19.3 Å². The second-order valence-electron chi connectivity index (χ2n) is 6.45. The number of anilines is 1. The highest BCUT2D eigenvalue weighted by Gasteiger charge is 2.12. The maximum Gasteiger partial charge on any atom is 0.323 e. The normalized spacial score (nSPS) is 10.4. The third-order valence-corrected chi connectivity index (χ3v) is 4.33. The Balaban J connectivity index is 0.00000300. The summed E-state index contributed by atoms with van der Waals surface area (Å²) < 4.78 is 0. The largest absolute Gasteiger partial charge is 0.351 e. The first-order chi connectivity index (χ1) is 13.6. The van der Waals surface area contributed by atoms with Gasteiger partial charge in [-0.1, -0.05) is 18.2 Å². The zero-order valence-corrected chi connectivity index (χ0v) is 16.6. The first kappa shape index (κ1) is 22.2. The molecule has 8 nitrogen and oxygen atoms in total. The maximum atomic E-state index is 12.3. The van der Waals surface area contributed by atoms with Gasteiger partial charge < -0.3 is 26.3 Å². The fourth-order valence-electron chi connectivity index (χ4n) is 2.97. The summed E-state index contributed by atoms with van der Waals surface area (Å²) in [6.45, 7) is 0.723. The molecule has 0 aliphatic carbocycles. The van der Waals surface area contributed by atoms with Crippen molar-refractivity contribution < 1.29 is 9.59 Å². The minimum atomic E-state index is -0.268. The van der Waals surface area contributed by atoms with E-state index in [9.17, 15) is 14.4 Å². The number of aromatic nitrogens is 2. The van der Waals surface area contributed by atoms with E-state index in [1.54, 1.807) is 24.3 Å². The van der Waals surface area contributed by atoms with Crippen LogP contribution in [-0.4, -0.2) is 34.9 Å². The number of para-hydroxylation sites is 1. The van der Waals surface area contributed by atoms with Crippen LogP contribution in [0.25, 0.3) is 11.0 Å². The highest BCUT2D eigenvalue weighted by atomic mass is 35.5. The third kappa shape index (κ3) is 5.94. The summed E-state index contributed by atoms with van der Waals surface area (Å²) in [4.78, 5) is 41.2. The van der Waals surface area contributed by atoms with Crippen LogP contribution in [0.4, 0.5) is 5.69 Å². The van der Waals surface area contributed by atoms with Gasteiger partial charge in [0.1, 0.15) is 0 Å². The Kier molecular flexibility index (Phi) is 7.99. The lowest BCUT2D eigenvalue weighted by Crippen LogP contribution is -2.29. The van der Waals surface area contributed by atoms with Crippen molar-refractivity contribution in [2.75, 3.05) is 18.4 Å². The summed E-state index contributed by atoms with van der Waals surface area (Å²) in [5, 5.41) is 5.50. The number of H-pyrrole nitrogens is 2. The van der Waals surface area contributed by atoms with Gasteiger partial charge in [0.2, 0.25) is 5.91 Å². The topological polar surface area (TPSA) is 133 Å². The van der Waals surface area contributed by atoms with E-state index in [-0.39, 0.29) is 29.9 Å². The van der Waals surface area contributed by atoms with Crippen LogP contribution >= 0.6 is 12.4 Å². The quantitative estimate of drug-likeness (QED) is 0.383. The Labute approximate surface area is 173 Å². The summed E-state index contributed by atoms with van der Waals surface area (Å²) >= 11 is 0. The lowest BCUT2D eigenvalue weighted by molar-refractivity contribution is -0.116. The Hall–Kier alpha value is -3.10. The second-order valence-corrected chi connectivity index (χ2v) is 6.45. The zero-order valence-electron chi connectivity index (χ0n) is 15.8. The molecule has 0 radical (unpaired) electrons. The van der Waals surface area contributed by atoms with Crippen LogP contribution in [0.5, 0.6) is 0 Å². The molecule has 3 rings (SSSR count). The average Bonchev–Trinajstić information content (AvgIpc) is 3.05. The van der Waals surface area contributed by atoms with Crippen LogP contribution in [0, 0.1) is 0 Å². The molecule has 2 aromatic carbocycles. The number of nitrogens with one attached hydrogen (secondary N) is 4. The van der Waals surface area contributed by atoms with E-state index in [1.807, 2.05) is 18.2 Å². The van der Waals surface area contributed by atoms with Gasteiger partial charge in [-0.3, -0.25) is 9.59 Å². The van der Waals surface area contributed by atoms with Crippen molar-refractivity contribution in [1.29, 1.82) is 0 Å². The molecule has 3 aromatic rings. The average molecular weight is 418 g/mol. The molecule has 6 N–H and O–H groups in total. The van der Waals surface area contributed by atoms with Crippen LogP contribution in [0.15, 0.2) is 47.3 Å². The Morgan fingerprint density at radius 1 is 1.03 bits per heavy atom. The summed E-state index contributed by atoms with van der Waals surface area (Å²) in [6, 6.07) is 12.6. The van der Waals surface area contributed by atoms with Crippen molar-refractivity contribution in [3.05, 3.63) is 64.1 Å². The van der Waals surface area contributed by atoms with E-state index in [0.29, 0.717) is 43.6 Å². The molecule has 9 heteroatoms. The van der Waals surface area contributed by atoms with Crippen molar-refractivity contribution in [1.82, 2.24) is 15.3 Å². The Morgan fingerprint density at radius 2 is 1.79 bits per heavy atom. The number of rotatable bonds is 8. The number of nitrogens with two attached hydrogens (primary N) is 1. The van der Waals surface area contributed by atoms with E-state index in [2.05, 4.69) is 20.6 Å². The fraction of sp³-hybridized carbons (Fsp3) is 0.250. The molecule has 154 valence electrons. The number of amides is 2. The van der Waals surface area contributed by atoms with Gasteiger partial charge >= 0.3 is 5.69 Å². The van der Waals surface area contributed by atoms with Gasteiger partial charge in [-0.2, -0.15) is 0 Å². The molecule has 0 aliphatic heterocycles. The predicted molar refractivity (Wildman–Crippen MR) is 116 cm³/mol. The molecule has 29 heavy (non-hydrogen) atoms. The molecular formula is C20H24ClN5O3. The van der Waals surface area contributed by atoms with Gasteiger partial charge in [0.05, 0.1) is 22.3 Å². The molecule has 0 saturated heterocycles. The number of halogens is 1. The lowest BCUT2D eigenvalue weighted by atomic mass is 10.1. The monoisotopic (exact) mass is 417 g/mol. The molecule has 1 aromatic heterocycles. The Bertz CT molecular complexity index is 1040. The summed E-state index contributed by atoms with van der Waals surface area (Å²) in [5.74, 6) is -0.426. The molecule has 0 saturated carbocycles. The van der Waals surface area contributed by atoms with E-state index >= 15 is 0 Å². The highest BCUT2D eigenvalue weighted by molar-refractivity contribution is 6.03. The standard InChI is InChI=1S/C20H23N5O3.ClH/c21-10-11-22-19(27)14-5-1-2-6-15(14)23-18(26)7-3-4-13-8-9-16-17(12-13)25-20(28)24-16;/h1-2,5-6,8-9,12H,3-4,7,10-11,21H2,(H,22,27)(H,23,26)(H2,24,25,28);1H. The van der Waals surface area contributed by atoms with Gasteiger partial charge in [-0.25, -0.2) is 4.79 Å². The minimum Gasteiger partial charge on any atom is -0.351 e. The first-order valence-electron chi connectivity index (χ1n) is 9.15. The van der Waals surface area contributed by atoms with E-state index < -0.39 is 0 Å². The molecule has 0 bridgehead atoms. The number of aromatic amines is 2. The summed E-state index contributed by atoms with van der Waals surface area (Å²) in [7, 11) is 0. The number of carbonyl (C=O) groups is 2. The number of hydrogen-bond acceptors (Lipinski definition) is 4. The van der Waals surface area contributed by atoms with E-state index in [1.165, 1.54) is 0 Å². The Morgan fingerprint density at radius 3 is 2.59 bits per heavy atom. The SMILES string of the molecule is Cl.NCCNC(=O)c1ccccc1NC(=O)CCCc1ccc2[nH]c(=O)[nH]c2c1. The molecule has 1 heterocycles. The van der Waals surface area contributed by atoms with Gasteiger partial charge in [0.25, 0.3) is 5.91 Å². The smallest absolute Gasteiger partial charge is 0.323 e. The van der Waals surface area contributed by atoms with Crippen molar-refractivity contribution in [3.63, 3.8) is 0 Å². The van der Waals surface area contributed by atoms with Crippen molar-refractivity contribution in [2.24, 2.45) is 5.73 Å². The number of benzene rings is 2. The summed E-state index contributed by atoms with van der Waals surface area (Å²) in [6.07, 6.45) is 1.67. The van der Waals surface area contributed by atoms with Crippen LogP contribution in [0.2, 0.25) is 0 Å². The summed E-state index contributed by atoms with van der Waals surface area (Å²) in [5.41, 5.74) is 8.61. The molecule has 0 atom stereocenters. The zero-order chi connectivity index (χ0) is 19.9. The van der Waals surface area contributed by atoms with E-state index in [0.717, 1.165) is 16.6 Å². The van der Waals surface area contributed by atoms with E-state index in [4.69, 9.17) is 5.73 Å². The molecule has 0 unspecified atom stereocenters. The molecule has 2 amide bonds. The van der Waals surface area contributed by atoms with Gasteiger partial charge in [0.15, 0.2) is 0 Å². The number of fused-ring (bicyclic) bond motifs is 1. The minimum absolute atomic E-state index is 0. The first-order valence-corrected chi connectivity index (χ1v) is 9.15. The van der Waals surface area contributed by atoms with Crippen molar-refractivity contribution >= 4 is 40.9 Å². The number of carbonyl (C=O) groups excluding carboxylic acids is 2. The number of imidazole rings is 1. The second kappa shape index (κ2) is 10.4. The highest BCUT2D eigenvalue weighted by Crippen LogP contribution is 2.16. The van der Waals surface area contributed by atoms with Gasteiger partial charge in [-0.15, -0.1) is 12.4 Å². The van der Waals surface area contributed by atoms with Crippen LogP contribution in [0.3, 0.4) is 0 Å². The predicted octanol–water partition coefficient (Wildman–Crippen LogP) is 1.93. The number of aryl methyl sites for hydroxylation is 1. The molecule has 0 spiro atoms. The van der Waals surface area contributed by atoms with Crippen LogP contribution in [0.1, 0.15) is 28.8 Å². The van der Waals surface area contributed by atoms with Crippen LogP contribution in [-0.2, 0) is 11.2 Å². The molecule has 0 fully saturated rings. The van der Waals surface area contributed by atoms with Crippen LogP contribution < -0.4 is 22.1 Å². The maximum absolute atomic E-state index is 12.3. The fourth-order valence-corrected chi connectivity index (χ4v) is 2.97. The van der Waals surface area contributed by atoms with Gasteiger partial charge in [-0.05, 0) is 42.7 Å². The van der Waals surface area contributed by atoms with Crippen molar-refractivity contribution in [3.8, 4) is 0 Å². The number of hydrogen-bond donors (Lipinski definition) is 5. The molecular weight excluding hydrogens is 394 g/mol. The third-order valence-electron chi connectivity index (χ3n) is 4.33. The lowest BCUT2D eigenvalue weighted by Gasteiger charge is -2.11.